The lowest BCUT2D eigenvalue weighted by Crippen LogP contribution is -2.37. The van der Waals surface area contributed by atoms with Gasteiger partial charge >= 0.3 is 83.8 Å². The van der Waals surface area contributed by atoms with Crippen LogP contribution >= 0.6 is 0 Å². The van der Waals surface area contributed by atoms with Crippen LogP contribution in [0.4, 0.5) is 70.2 Å². The number of esters is 8. The average Bonchev–Trinajstić information content (AvgIpc) is 3.31. The normalized spacial score (nSPS) is 13.2. The number of carbonyl (C=O) groups excluding carboxylic acids is 8. The molecule has 0 N–H and O–H groups in total. The van der Waals surface area contributed by atoms with Gasteiger partial charge < -0.3 is 37.9 Å². The monoisotopic (exact) mass is 1190 g/mol. The Morgan fingerprint density at radius 1 is 0.316 bits per heavy atom. The lowest BCUT2D eigenvalue weighted by atomic mass is 9.91. The molecule has 0 aromatic carbocycles. The number of hydrogen-bond acceptors (Lipinski definition) is 16. The third-order valence-corrected chi connectivity index (χ3v) is 10.1. The van der Waals surface area contributed by atoms with E-state index in [2.05, 4.69) is 28.4 Å². The summed E-state index contributed by atoms with van der Waals surface area (Å²) in [5.41, 5.74) is -1.53. The van der Waals surface area contributed by atoms with E-state index in [1.165, 1.54) is 6.92 Å². The van der Waals surface area contributed by atoms with Crippen molar-refractivity contribution in [2.24, 2.45) is 22.7 Å². The van der Waals surface area contributed by atoms with E-state index in [9.17, 15) is 109 Å². The number of rotatable bonds is 29. The fourth-order valence-electron chi connectivity index (χ4n) is 4.06. The van der Waals surface area contributed by atoms with Crippen LogP contribution in [-0.4, -0.2) is 143 Å². The molecule has 79 heavy (non-hydrogen) atoms. The average molecular weight is 1200 g/mol. The van der Waals surface area contributed by atoms with Crippen LogP contribution in [0.2, 0.25) is 0 Å². The highest BCUT2D eigenvalue weighted by Crippen LogP contribution is 2.34. The Balaban J connectivity index is -0.000000476. The van der Waals surface area contributed by atoms with E-state index in [4.69, 9.17) is 9.47 Å². The van der Waals surface area contributed by atoms with Crippen molar-refractivity contribution in [2.75, 3.05) is 52.9 Å². The molecule has 0 aromatic rings. The maximum atomic E-state index is 13.1. The van der Waals surface area contributed by atoms with E-state index < -0.39 is 172 Å². The van der Waals surface area contributed by atoms with E-state index in [0.29, 0.717) is 25.7 Å². The van der Waals surface area contributed by atoms with Crippen molar-refractivity contribution < 1.29 is 146 Å². The molecule has 2 unspecified atom stereocenters. The molecule has 0 radical (unpaired) electrons. The zero-order valence-electron chi connectivity index (χ0n) is 45.5. The van der Waals surface area contributed by atoms with Gasteiger partial charge in [0.05, 0.1) is 29.1 Å². The third-order valence-electron chi connectivity index (χ3n) is 10.1. The molecule has 0 amide bonds. The summed E-state index contributed by atoms with van der Waals surface area (Å²) >= 11 is 0. The van der Waals surface area contributed by atoms with E-state index >= 15 is 0 Å². The Morgan fingerprint density at radius 3 is 0.734 bits per heavy atom. The van der Waals surface area contributed by atoms with Crippen LogP contribution < -0.4 is 0 Å². The molecule has 16 nitrogen and oxygen atoms in total. The molecule has 0 aromatic heterocycles. The van der Waals surface area contributed by atoms with Gasteiger partial charge in [0.1, 0.15) is 65.7 Å². The summed E-state index contributed by atoms with van der Waals surface area (Å²) in [6, 6.07) is 0. The first-order valence-electron chi connectivity index (χ1n) is 23.9. The van der Waals surface area contributed by atoms with Crippen molar-refractivity contribution in [1.29, 1.82) is 0 Å². The fraction of sp³-hybridized carbons (Fsp3) is 0.830. The van der Waals surface area contributed by atoms with Crippen LogP contribution in [0, 0.1) is 22.7 Å². The minimum Gasteiger partial charge on any atom is -0.462 e. The van der Waals surface area contributed by atoms with Gasteiger partial charge in [0.25, 0.3) is 5.92 Å². The predicted octanol–water partition coefficient (Wildman–Crippen LogP) is 11.2. The molecule has 0 fully saturated rings. The molecule has 0 bridgehead atoms. The number of ether oxygens (including phenoxy) is 8. The van der Waals surface area contributed by atoms with Crippen molar-refractivity contribution in [2.45, 2.75) is 176 Å². The van der Waals surface area contributed by atoms with Gasteiger partial charge in [-0.2, -0.15) is 61.5 Å². The smallest absolute Gasteiger partial charge is 0.395 e. The van der Waals surface area contributed by atoms with Gasteiger partial charge in [-0.3, -0.25) is 19.2 Å². The molecule has 0 aliphatic carbocycles. The first kappa shape index (κ1) is 80.1. The maximum Gasteiger partial charge on any atom is 0.395 e. The minimum atomic E-state index is -5.19. The Labute approximate surface area is 445 Å². The van der Waals surface area contributed by atoms with Crippen LogP contribution in [0.5, 0.6) is 0 Å². The molecular formula is C47H70F16O16. The van der Waals surface area contributed by atoms with Gasteiger partial charge in [-0.25, -0.2) is 28.0 Å². The van der Waals surface area contributed by atoms with Gasteiger partial charge in [0.2, 0.25) is 0 Å². The molecule has 0 aliphatic rings. The second-order valence-corrected chi connectivity index (χ2v) is 18.2. The van der Waals surface area contributed by atoms with Gasteiger partial charge in [-0.1, -0.05) is 48.5 Å². The summed E-state index contributed by atoms with van der Waals surface area (Å²) in [7, 11) is 0. The van der Waals surface area contributed by atoms with E-state index in [1.807, 2.05) is 6.92 Å². The molecule has 0 heterocycles. The number of alkyl halides is 16. The Morgan fingerprint density at radius 2 is 0.532 bits per heavy atom. The summed E-state index contributed by atoms with van der Waals surface area (Å²) < 4.78 is 234. The zero-order chi connectivity index (χ0) is 63.2. The molecule has 0 spiro atoms. The number of halogens is 16. The van der Waals surface area contributed by atoms with Crippen molar-refractivity contribution >= 4 is 47.8 Å². The summed E-state index contributed by atoms with van der Waals surface area (Å²) in [5, 5.41) is 0. The molecule has 32 heteroatoms. The topological polar surface area (TPSA) is 210 Å². The molecule has 0 rings (SSSR count). The lowest BCUT2D eigenvalue weighted by molar-refractivity contribution is -0.209. The third kappa shape index (κ3) is 38.0. The van der Waals surface area contributed by atoms with Crippen LogP contribution in [-0.2, 0) is 76.3 Å². The Kier molecular flexibility index (Phi) is 35.9. The van der Waals surface area contributed by atoms with Crippen LogP contribution in [0.3, 0.4) is 0 Å². The molecular weight excluding hydrogens is 1120 g/mol. The van der Waals surface area contributed by atoms with Gasteiger partial charge in [-0.05, 0) is 60.3 Å². The predicted molar refractivity (Wildman–Crippen MR) is 241 cm³/mol. The Bertz CT molecular complexity index is 1810. The van der Waals surface area contributed by atoms with E-state index in [0.717, 1.165) is 0 Å². The zero-order valence-corrected chi connectivity index (χ0v) is 45.5. The van der Waals surface area contributed by atoms with Crippen molar-refractivity contribution in [3.05, 3.63) is 0 Å². The number of carbonyl (C=O) groups is 8. The quantitative estimate of drug-likeness (QED) is 0.0295. The van der Waals surface area contributed by atoms with Crippen molar-refractivity contribution in [1.82, 2.24) is 0 Å². The van der Waals surface area contributed by atoms with Gasteiger partial charge in [-0.15, -0.1) is 0 Å². The second-order valence-electron chi connectivity index (χ2n) is 18.2. The largest absolute Gasteiger partial charge is 0.462 e. The summed E-state index contributed by atoms with van der Waals surface area (Å²) in [5.74, 6) is -31.9. The maximum absolute atomic E-state index is 13.1. The standard InChI is InChI=1S/C13H20F4O4.C12H17F5O4.C11H15F5O4.C11H18F2O4/c1-5-11(2,3)9(18)20-6-7-21-10(19)13(16,17)8-12(4,14)15;1-4-10(2,3)8(18)20-5-6-21-9(19)11(13,14)7-12(15,16)17;1-3-7(2)8(17)19-4-5-20-9(18)10(12,13)6-11(14,15)16;1-4-8(3)9(14)16-6-7-17-10(15)11(12,13)5-2/h5-8H2,1-4H3;4-7H2,1-3H3;7H,3-6H2,1-2H3;8H,4-7H2,1-3H3. The molecule has 2 atom stereocenters. The summed E-state index contributed by atoms with van der Waals surface area (Å²) in [4.78, 5) is 88.7. The van der Waals surface area contributed by atoms with E-state index in [-0.39, 0.29) is 26.1 Å². The first-order valence-corrected chi connectivity index (χ1v) is 23.9. The summed E-state index contributed by atoms with van der Waals surface area (Å²) in [6.07, 6.45) is -16.0. The van der Waals surface area contributed by atoms with Crippen molar-refractivity contribution in [3.63, 3.8) is 0 Å². The highest BCUT2D eigenvalue weighted by Gasteiger charge is 2.52. The highest BCUT2D eigenvalue weighted by atomic mass is 19.4. The van der Waals surface area contributed by atoms with Crippen LogP contribution in [0.15, 0.2) is 0 Å². The minimum absolute atomic E-state index is 0.200. The molecule has 0 saturated heterocycles. The van der Waals surface area contributed by atoms with Crippen LogP contribution in [0.1, 0.15) is 134 Å². The summed E-state index contributed by atoms with van der Waals surface area (Å²) in [6.45, 7) is 14.2. The van der Waals surface area contributed by atoms with Gasteiger partial charge in [0, 0.05) is 6.42 Å². The molecule has 0 saturated carbocycles. The van der Waals surface area contributed by atoms with Gasteiger partial charge in [0.15, 0.2) is 0 Å². The second kappa shape index (κ2) is 35.4. The SMILES string of the molecule is CCC(C)(C)C(=O)OCCOC(=O)C(F)(F)CC(C)(F)F.CCC(C)(C)C(=O)OCCOC(=O)C(F)(F)CC(F)(F)F.CCC(C)C(=O)OCCOC(=O)C(F)(F)CC.CCC(C)C(=O)OCCOC(=O)C(F)(F)CC(F)(F)F. The molecule has 466 valence electrons. The van der Waals surface area contributed by atoms with E-state index in [1.54, 1.807) is 62.3 Å². The fourth-order valence-corrected chi connectivity index (χ4v) is 4.06. The highest BCUT2D eigenvalue weighted by molar-refractivity contribution is 5.79. The molecule has 0 aliphatic heterocycles. The lowest BCUT2D eigenvalue weighted by Gasteiger charge is -2.21. The van der Waals surface area contributed by atoms with Crippen LogP contribution in [0.25, 0.3) is 0 Å². The first-order chi connectivity index (χ1) is 35.5. The Hall–Kier alpha value is -5.36. The van der Waals surface area contributed by atoms with Crippen molar-refractivity contribution in [3.8, 4) is 0 Å². The number of hydrogen-bond donors (Lipinski definition) is 0.